The molecule has 7 heteroatoms. The normalized spacial score (nSPS) is 15.5. The molecular weight excluding hydrogens is 319 g/mol. The van der Waals surface area contributed by atoms with Gasteiger partial charge in [0.15, 0.2) is 0 Å². The number of carbonyl (C=O) groups is 1. The second kappa shape index (κ2) is 5.59. The van der Waals surface area contributed by atoms with Crippen LogP contribution in [0.4, 0.5) is 13.2 Å². The van der Waals surface area contributed by atoms with Crippen molar-refractivity contribution in [2.75, 3.05) is 6.61 Å². The molecule has 1 saturated carbocycles. The first-order valence-electron chi connectivity index (χ1n) is 6.88. The van der Waals surface area contributed by atoms with Gasteiger partial charge in [-0.1, -0.05) is 17.7 Å². The van der Waals surface area contributed by atoms with Crippen LogP contribution >= 0.6 is 11.6 Å². The van der Waals surface area contributed by atoms with E-state index in [4.69, 9.17) is 16.3 Å². The number of alkyl halides is 3. The summed E-state index contributed by atoms with van der Waals surface area (Å²) in [4.78, 5) is 11.6. The van der Waals surface area contributed by atoms with Crippen molar-refractivity contribution in [3.05, 3.63) is 35.0 Å². The predicted molar refractivity (Wildman–Crippen MR) is 76.3 cm³/mol. The lowest BCUT2D eigenvalue weighted by Gasteiger charge is -2.06. The van der Waals surface area contributed by atoms with Gasteiger partial charge in [-0.2, -0.15) is 13.2 Å². The largest absolute Gasteiger partial charge is 0.454 e. The van der Waals surface area contributed by atoms with Gasteiger partial charge in [-0.05, 0) is 25.0 Å². The average molecular weight is 332 g/mol. The van der Waals surface area contributed by atoms with E-state index in [0.717, 1.165) is 12.8 Å². The van der Waals surface area contributed by atoms with Crippen LogP contribution in [0.5, 0.6) is 0 Å². The number of Topliss-reactive ketones (excluding diaryl/α,β-unsaturated/α-hetero) is 1. The summed E-state index contributed by atoms with van der Waals surface area (Å²) in [7, 11) is 0. The Kier molecular flexibility index (Phi) is 3.91. The number of nitrogens with zero attached hydrogens (tertiary/aromatic N) is 1. The van der Waals surface area contributed by atoms with Crippen molar-refractivity contribution in [2.24, 2.45) is 0 Å². The molecule has 1 fully saturated rings. The quantitative estimate of drug-likeness (QED) is 0.768. The fraction of sp³-hybridized carbons (Fsp3) is 0.400. The fourth-order valence-electron chi connectivity index (χ4n) is 2.37. The first-order valence-corrected chi connectivity index (χ1v) is 7.26. The Balaban J connectivity index is 1.98. The van der Waals surface area contributed by atoms with Gasteiger partial charge >= 0.3 is 6.18 Å². The maximum absolute atomic E-state index is 12.7. The Labute approximate surface area is 129 Å². The van der Waals surface area contributed by atoms with Crippen LogP contribution in [0.15, 0.2) is 24.4 Å². The van der Waals surface area contributed by atoms with Crippen molar-refractivity contribution in [2.45, 2.75) is 31.7 Å². The van der Waals surface area contributed by atoms with Crippen LogP contribution in [0.3, 0.4) is 0 Å². The van der Waals surface area contributed by atoms with Gasteiger partial charge in [-0.15, -0.1) is 0 Å². The number of halogens is 4. The van der Waals surface area contributed by atoms with Gasteiger partial charge in [0.2, 0.25) is 0 Å². The lowest BCUT2D eigenvalue weighted by molar-refractivity contribution is -0.0884. The highest BCUT2D eigenvalue weighted by molar-refractivity contribution is 6.37. The first kappa shape index (κ1) is 15.4. The third-order valence-corrected chi connectivity index (χ3v) is 3.88. The molecule has 22 heavy (non-hydrogen) atoms. The van der Waals surface area contributed by atoms with Crippen LogP contribution in [0, 0.1) is 0 Å². The zero-order valence-electron chi connectivity index (χ0n) is 11.5. The predicted octanol–water partition coefficient (Wildman–Crippen LogP) is 4.22. The molecule has 2 aromatic rings. The molecule has 0 N–H and O–H groups in total. The number of hydrogen-bond donors (Lipinski definition) is 0. The number of carbonyl (C=O) groups excluding carboxylic acids is 1. The van der Waals surface area contributed by atoms with Crippen molar-refractivity contribution in [1.29, 1.82) is 0 Å². The van der Waals surface area contributed by atoms with E-state index in [1.54, 1.807) is 16.7 Å². The average Bonchev–Trinajstić information content (AvgIpc) is 3.19. The Bertz CT molecular complexity index is 719. The fourth-order valence-corrected chi connectivity index (χ4v) is 2.64. The number of rotatable bonds is 5. The smallest absolute Gasteiger partial charge is 0.376 e. The maximum Gasteiger partial charge on any atom is 0.454 e. The van der Waals surface area contributed by atoms with Crippen molar-refractivity contribution in [1.82, 2.24) is 4.57 Å². The van der Waals surface area contributed by atoms with Crippen LogP contribution in [-0.4, -0.2) is 29.2 Å². The lowest BCUT2D eigenvalue weighted by atomic mass is 10.1. The molecule has 0 aliphatic heterocycles. The summed E-state index contributed by atoms with van der Waals surface area (Å²) >= 11 is 6.00. The monoisotopic (exact) mass is 331 g/mol. The summed E-state index contributed by atoms with van der Waals surface area (Å²) in [6, 6.07) is 4.76. The number of ether oxygens (including phenoxy) is 1. The summed E-state index contributed by atoms with van der Waals surface area (Å²) in [5.41, 5.74) is 0.0824. The van der Waals surface area contributed by atoms with E-state index in [1.807, 2.05) is 0 Å². The molecule has 0 amide bonds. The van der Waals surface area contributed by atoms with Crippen molar-refractivity contribution < 1.29 is 22.7 Å². The molecule has 118 valence electrons. The van der Waals surface area contributed by atoms with Crippen molar-refractivity contribution in [3.8, 4) is 0 Å². The minimum atomic E-state index is -4.93. The molecule has 3 nitrogen and oxygen atoms in total. The van der Waals surface area contributed by atoms with E-state index >= 15 is 0 Å². The topological polar surface area (TPSA) is 31.2 Å². The maximum atomic E-state index is 12.7. The molecule has 0 radical (unpaired) electrons. The van der Waals surface area contributed by atoms with Gasteiger partial charge in [0.25, 0.3) is 5.78 Å². The number of ketones is 1. The molecule has 1 aliphatic rings. The van der Waals surface area contributed by atoms with E-state index < -0.39 is 17.5 Å². The molecule has 0 unspecified atom stereocenters. The van der Waals surface area contributed by atoms with Crippen LogP contribution in [-0.2, 0) is 11.3 Å². The first-order chi connectivity index (χ1) is 10.4. The Hall–Kier alpha value is -1.53. The van der Waals surface area contributed by atoms with E-state index in [2.05, 4.69) is 0 Å². The van der Waals surface area contributed by atoms with Crippen molar-refractivity contribution in [3.63, 3.8) is 0 Å². The van der Waals surface area contributed by atoms with Gasteiger partial charge in [0.05, 0.1) is 28.8 Å². The number of aromatic nitrogens is 1. The second-order valence-corrected chi connectivity index (χ2v) is 5.67. The Morgan fingerprint density at radius 3 is 2.73 bits per heavy atom. The lowest BCUT2D eigenvalue weighted by Crippen LogP contribution is -2.22. The van der Waals surface area contributed by atoms with Gasteiger partial charge < -0.3 is 9.30 Å². The summed E-state index contributed by atoms with van der Waals surface area (Å²) in [6.07, 6.45) is -1.40. The molecule has 1 aromatic heterocycles. The van der Waals surface area contributed by atoms with Crippen LogP contribution in [0.25, 0.3) is 10.9 Å². The zero-order valence-corrected chi connectivity index (χ0v) is 12.2. The molecular formula is C15H13ClF3NO2. The van der Waals surface area contributed by atoms with Crippen LogP contribution < -0.4 is 0 Å². The number of benzene rings is 1. The highest BCUT2D eigenvalue weighted by Crippen LogP contribution is 2.33. The Morgan fingerprint density at radius 1 is 1.36 bits per heavy atom. The van der Waals surface area contributed by atoms with Gasteiger partial charge in [0.1, 0.15) is 0 Å². The molecule has 1 aliphatic carbocycles. The van der Waals surface area contributed by atoms with Crippen LogP contribution in [0.1, 0.15) is 23.2 Å². The standard InChI is InChI=1S/C15H13ClF3NO2/c16-11-2-1-3-12-13(11)10(14(21)15(17,18)19)8-20(12)6-7-22-9-4-5-9/h1-3,8-9H,4-7H2. The second-order valence-electron chi connectivity index (χ2n) is 5.27. The number of hydrogen-bond acceptors (Lipinski definition) is 2. The molecule has 0 saturated heterocycles. The summed E-state index contributed by atoms with van der Waals surface area (Å²) < 4.78 is 45.3. The van der Waals surface area contributed by atoms with Gasteiger partial charge in [0, 0.05) is 18.1 Å². The molecule has 0 spiro atoms. The summed E-state index contributed by atoms with van der Waals surface area (Å²) in [5.74, 6) is -1.88. The van der Waals surface area contributed by atoms with E-state index in [9.17, 15) is 18.0 Å². The Morgan fingerprint density at radius 2 is 2.09 bits per heavy atom. The zero-order chi connectivity index (χ0) is 15.9. The van der Waals surface area contributed by atoms with E-state index in [0.29, 0.717) is 18.7 Å². The van der Waals surface area contributed by atoms with E-state index in [-0.39, 0.29) is 16.5 Å². The SMILES string of the molecule is O=C(c1cn(CCOC2CC2)c2cccc(Cl)c12)C(F)(F)F. The summed E-state index contributed by atoms with van der Waals surface area (Å²) in [5, 5.41) is 0.268. The van der Waals surface area contributed by atoms with E-state index in [1.165, 1.54) is 12.3 Å². The molecule has 3 rings (SSSR count). The minimum absolute atomic E-state index is 0.131. The highest BCUT2D eigenvalue weighted by atomic mass is 35.5. The number of fused-ring (bicyclic) bond motifs is 1. The molecule has 1 heterocycles. The molecule has 1 aromatic carbocycles. The van der Waals surface area contributed by atoms with Gasteiger partial charge in [-0.3, -0.25) is 4.79 Å². The minimum Gasteiger partial charge on any atom is -0.376 e. The highest BCUT2D eigenvalue weighted by Gasteiger charge is 2.41. The third kappa shape index (κ3) is 2.98. The molecule has 0 bridgehead atoms. The molecule has 0 atom stereocenters. The van der Waals surface area contributed by atoms with Gasteiger partial charge in [-0.25, -0.2) is 0 Å². The van der Waals surface area contributed by atoms with Crippen molar-refractivity contribution >= 4 is 28.3 Å². The third-order valence-electron chi connectivity index (χ3n) is 3.57. The van der Waals surface area contributed by atoms with Crippen LogP contribution in [0.2, 0.25) is 5.02 Å². The summed E-state index contributed by atoms with van der Waals surface area (Å²) in [6.45, 7) is 0.763.